The molecule has 106 valence electrons. The lowest BCUT2D eigenvalue weighted by Crippen LogP contribution is -2.34. The summed E-state index contributed by atoms with van der Waals surface area (Å²) >= 11 is 6.07. The summed E-state index contributed by atoms with van der Waals surface area (Å²) in [6.45, 7) is 0.849. The van der Waals surface area contributed by atoms with Crippen molar-refractivity contribution in [3.05, 3.63) is 34.6 Å². The van der Waals surface area contributed by atoms with Gasteiger partial charge in [0, 0.05) is 23.2 Å². The van der Waals surface area contributed by atoms with Crippen molar-refractivity contribution in [3.8, 4) is 0 Å². The molecule has 4 heteroatoms. The molecule has 1 heterocycles. The second-order valence-corrected chi connectivity index (χ2v) is 5.52. The Balaban J connectivity index is 1.98. The Hall–Kier alpha value is -0.640. The minimum absolute atomic E-state index is 0.192. The molecule has 0 radical (unpaired) electrons. The number of nitrogens with one attached hydrogen (secondary N) is 1. The van der Waals surface area contributed by atoms with E-state index in [0.717, 1.165) is 25.9 Å². The molecule has 1 fully saturated rings. The zero-order valence-corrected chi connectivity index (χ0v) is 12.0. The van der Waals surface area contributed by atoms with E-state index in [1.165, 1.54) is 12.5 Å². The van der Waals surface area contributed by atoms with E-state index >= 15 is 0 Å². The molecule has 1 aromatic carbocycles. The van der Waals surface area contributed by atoms with E-state index in [0.29, 0.717) is 17.0 Å². The molecule has 0 aromatic heterocycles. The molecule has 0 amide bonds. The van der Waals surface area contributed by atoms with Crippen molar-refractivity contribution in [1.82, 2.24) is 5.32 Å². The molecule has 2 unspecified atom stereocenters. The van der Waals surface area contributed by atoms with Crippen LogP contribution < -0.4 is 5.32 Å². The van der Waals surface area contributed by atoms with E-state index in [1.54, 1.807) is 12.1 Å². The normalized spacial score (nSPS) is 21.3. The molecule has 0 saturated carbocycles. The van der Waals surface area contributed by atoms with E-state index in [4.69, 9.17) is 16.3 Å². The van der Waals surface area contributed by atoms with Crippen molar-refractivity contribution < 1.29 is 9.13 Å². The average molecular weight is 286 g/mol. The zero-order valence-electron chi connectivity index (χ0n) is 11.3. The van der Waals surface area contributed by atoms with Gasteiger partial charge in [0.05, 0.1) is 6.10 Å². The van der Waals surface area contributed by atoms with Gasteiger partial charge in [-0.3, -0.25) is 0 Å². The van der Waals surface area contributed by atoms with Crippen LogP contribution >= 0.6 is 11.6 Å². The predicted molar refractivity (Wildman–Crippen MR) is 76.2 cm³/mol. The highest BCUT2D eigenvalue weighted by molar-refractivity contribution is 6.31. The van der Waals surface area contributed by atoms with E-state index in [1.807, 2.05) is 7.05 Å². The molecule has 1 aliphatic rings. The number of benzene rings is 1. The Bertz CT molecular complexity index is 387. The van der Waals surface area contributed by atoms with Gasteiger partial charge in [0.15, 0.2) is 0 Å². The molecule has 0 bridgehead atoms. The molecule has 2 nitrogen and oxygen atoms in total. The van der Waals surface area contributed by atoms with Crippen molar-refractivity contribution >= 4 is 11.6 Å². The van der Waals surface area contributed by atoms with Gasteiger partial charge in [-0.15, -0.1) is 0 Å². The number of rotatable bonds is 5. The van der Waals surface area contributed by atoms with Gasteiger partial charge in [-0.1, -0.05) is 17.7 Å². The first-order valence-corrected chi connectivity index (χ1v) is 7.30. The zero-order chi connectivity index (χ0) is 13.7. The SMILES string of the molecule is CNC(Cc1c(F)cccc1Cl)CC1CCCCO1. The summed E-state index contributed by atoms with van der Waals surface area (Å²) in [5.41, 5.74) is 0.597. The van der Waals surface area contributed by atoms with Crippen LogP contribution in [0.1, 0.15) is 31.2 Å². The maximum atomic E-state index is 13.8. The fourth-order valence-electron chi connectivity index (χ4n) is 2.59. The van der Waals surface area contributed by atoms with Crippen LogP contribution in [0.2, 0.25) is 5.02 Å². The van der Waals surface area contributed by atoms with Gasteiger partial charge in [-0.2, -0.15) is 0 Å². The van der Waals surface area contributed by atoms with Crippen LogP contribution in [0.3, 0.4) is 0 Å². The summed E-state index contributed by atoms with van der Waals surface area (Å²) in [7, 11) is 1.91. The summed E-state index contributed by atoms with van der Waals surface area (Å²) in [4.78, 5) is 0. The first-order valence-electron chi connectivity index (χ1n) is 6.92. The molecule has 19 heavy (non-hydrogen) atoms. The van der Waals surface area contributed by atoms with E-state index in [-0.39, 0.29) is 18.0 Å². The third-order valence-corrected chi connectivity index (χ3v) is 4.10. The van der Waals surface area contributed by atoms with E-state index < -0.39 is 0 Å². The first-order chi connectivity index (χ1) is 9.20. The minimum atomic E-state index is -0.225. The molecule has 0 aliphatic carbocycles. The van der Waals surface area contributed by atoms with Gasteiger partial charge < -0.3 is 10.1 Å². The Morgan fingerprint density at radius 3 is 2.95 bits per heavy atom. The minimum Gasteiger partial charge on any atom is -0.378 e. The highest BCUT2D eigenvalue weighted by atomic mass is 35.5. The standard InChI is InChI=1S/C15H21ClFNO/c1-18-11(9-12-5-2-3-8-19-12)10-13-14(16)6-4-7-15(13)17/h4,6-7,11-12,18H,2-3,5,8-10H2,1H3. The van der Waals surface area contributed by atoms with Gasteiger partial charge in [0.2, 0.25) is 0 Å². The van der Waals surface area contributed by atoms with Crippen molar-refractivity contribution in [1.29, 1.82) is 0 Å². The molecule has 1 N–H and O–H groups in total. The number of hydrogen-bond donors (Lipinski definition) is 1. The molecule has 1 aliphatic heterocycles. The summed E-state index contributed by atoms with van der Waals surface area (Å²) in [6.07, 6.45) is 5.27. The monoisotopic (exact) mass is 285 g/mol. The Morgan fingerprint density at radius 2 is 2.32 bits per heavy atom. The highest BCUT2D eigenvalue weighted by Crippen LogP contribution is 2.23. The number of hydrogen-bond acceptors (Lipinski definition) is 2. The van der Waals surface area contributed by atoms with Crippen molar-refractivity contribution in [2.24, 2.45) is 0 Å². The van der Waals surface area contributed by atoms with E-state index in [9.17, 15) is 4.39 Å². The summed E-state index contributed by atoms with van der Waals surface area (Å²) in [5.74, 6) is -0.225. The van der Waals surface area contributed by atoms with Crippen LogP contribution in [-0.2, 0) is 11.2 Å². The Morgan fingerprint density at radius 1 is 1.47 bits per heavy atom. The van der Waals surface area contributed by atoms with E-state index in [2.05, 4.69) is 5.32 Å². The molecule has 1 aromatic rings. The number of likely N-dealkylation sites (N-methyl/N-ethyl adjacent to an activating group) is 1. The van der Waals surface area contributed by atoms with Crippen LogP contribution in [0.15, 0.2) is 18.2 Å². The maximum absolute atomic E-state index is 13.8. The van der Waals surface area contributed by atoms with Crippen LogP contribution in [0, 0.1) is 5.82 Å². The lowest BCUT2D eigenvalue weighted by molar-refractivity contribution is 0.00564. The molecular weight excluding hydrogens is 265 g/mol. The molecule has 2 atom stereocenters. The molecule has 0 spiro atoms. The van der Waals surface area contributed by atoms with Crippen molar-refractivity contribution in [2.45, 2.75) is 44.2 Å². The second-order valence-electron chi connectivity index (χ2n) is 5.11. The summed E-state index contributed by atoms with van der Waals surface area (Å²) < 4.78 is 19.5. The van der Waals surface area contributed by atoms with Gasteiger partial charge >= 0.3 is 0 Å². The molecule has 2 rings (SSSR count). The topological polar surface area (TPSA) is 21.3 Å². The molecular formula is C15H21ClFNO. The van der Waals surface area contributed by atoms with Crippen LogP contribution in [0.5, 0.6) is 0 Å². The molecule has 1 saturated heterocycles. The smallest absolute Gasteiger partial charge is 0.127 e. The lowest BCUT2D eigenvalue weighted by atomic mass is 9.96. The van der Waals surface area contributed by atoms with Crippen molar-refractivity contribution in [3.63, 3.8) is 0 Å². The fraction of sp³-hybridized carbons (Fsp3) is 0.600. The highest BCUT2D eigenvalue weighted by Gasteiger charge is 2.20. The van der Waals surface area contributed by atoms with Crippen molar-refractivity contribution in [2.75, 3.05) is 13.7 Å². The fourth-order valence-corrected chi connectivity index (χ4v) is 2.83. The van der Waals surface area contributed by atoms with Gasteiger partial charge in [0.25, 0.3) is 0 Å². The van der Waals surface area contributed by atoms with Crippen LogP contribution in [0.25, 0.3) is 0 Å². The number of ether oxygens (including phenoxy) is 1. The Kier molecular flexibility index (Phi) is 5.61. The number of halogens is 2. The predicted octanol–water partition coefficient (Wildman–Crippen LogP) is 3.57. The lowest BCUT2D eigenvalue weighted by Gasteiger charge is -2.27. The van der Waals surface area contributed by atoms with Crippen LogP contribution in [-0.4, -0.2) is 25.8 Å². The van der Waals surface area contributed by atoms with Gasteiger partial charge in [0.1, 0.15) is 5.82 Å². The summed E-state index contributed by atoms with van der Waals surface area (Å²) in [6, 6.07) is 5.03. The average Bonchev–Trinajstić information content (AvgIpc) is 2.43. The van der Waals surface area contributed by atoms with Gasteiger partial charge in [-0.05, 0) is 51.3 Å². The maximum Gasteiger partial charge on any atom is 0.127 e. The first kappa shape index (κ1) is 14.8. The van der Waals surface area contributed by atoms with Gasteiger partial charge in [-0.25, -0.2) is 4.39 Å². The third-order valence-electron chi connectivity index (χ3n) is 3.74. The second kappa shape index (κ2) is 7.22. The Labute approximate surface area is 119 Å². The summed E-state index contributed by atoms with van der Waals surface area (Å²) in [5, 5.41) is 3.75. The largest absolute Gasteiger partial charge is 0.378 e. The van der Waals surface area contributed by atoms with Crippen LogP contribution in [0.4, 0.5) is 4.39 Å². The third kappa shape index (κ3) is 4.16. The quantitative estimate of drug-likeness (QED) is 0.893.